The molecular formula is C13H15N5O. The van der Waals surface area contributed by atoms with E-state index in [1.54, 1.807) is 0 Å². The average Bonchev–Trinajstić information content (AvgIpc) is 3.02. The van der Waals surface area contributed by atoms with E-state index in [1.165, 1.54) is 5.57 Å². The van der Waals surface area contributed by atoms with Crippen molar-refractivity contribution in [2.75, 3.05) is 0 Å². The Balaban J connectivity index is 1.70. The van der Waals surface area contributed by atoms with Gasteiger partial charge in [-0.05, 0) is 25.7 Å². The van der Waals surface area contributed by atoms with E-state index in [2.05, 4.69) is 34.0 Å². The molecule has 1 aliphatic heterocycles. The van der Waals surface area contributed by atoms with Crippen LogP contribution in [0, 0.1) is 0 Å². The Morgan fingerprint density at radius 3 is 3.00 bits per heavy atom. The van der Waals surface area contributed by atoms with Crippen molar-refractivity contribution in [2.24, 2.45) is 0 Å². The lowest BCUT2D eigenvalue weighted by Gasteiger charge is -2.37. The molecule has 0 amide bonds. The van der Waals surface area contributed by atoms with Crippen LogP contribution in [0.25, 0.3) is 11.6 Å². The molecule has 0 unspecified atom stereocenters. The molecule has 0 N–H and O–H groups in total. The lowest BCUT2D eigenvalue weighted by atomic mass is 9.67. The molecule has 0 radical (unpaired) electrons. The van der Waals surface area contributed by atoms with Gasteiger partial charge in [-0.1, -0.05) is 29.4 Å². The maximum absolute atomic E-state index is 5.38. The summed E-state index contributed by atoms with van der Waals surface area (Å²) in [6.07, 6.45) is 3.96. The summed E-state index contributed by atoms with van der Waals surface area (Å²) in [7, 11) is 0. The van der Waals surface area contributed by atoms with Gasteiger partial charge < -0.3 is 4.52 Å². The number of fused-ring (bicyclic) bond motifs is 1. The van der Waals surface area contributed by atoms with E-state index in [9.17, 15) is 0 Å². The first-order valence-corrected chi connectivity index (χ1v) is 6.59. The molecule has 0 spiro atoms. The van der Waals surface area contributed by atoms with Crippen LogP contribution in [0.15, 0.2) is 16.7 Å². The molecule has 0 atom stereocenters. The third-order valence-electron chi connectivity index (χ3n) is 4.07. The normalized spacial score (nSPS) is 20.4. The standard InChI is InChI=1S/C13H15N5O/c1-8-6-13(2,7-8)12-14-11(19-16-12)10-9-4-3-5-18(9)17-15-10/h1,3-7H2,2H3. The van der Waals surface area contributed by atoms with Gasteiger partial charge in [0, 0.05) is 12.0 Å². The van der Waals surface area contributed by atoms with Crippen molar-refractivity contribution in [3.05, 3.63) is 23.7 Å². The zero-order valence-corrected chi connectivity index (χ0v) is 10.9. The molecule has 1 aliphatic carbocycles. The first-order valence-electron chi connectivity index (χ1n) is 6.59. The maximum atomic E-state index is 5.38. The zero-order valence-electron chi connectivity index (χ0n) is 10.9. The van der Waals surface area contributed by atoms with E-state index in [4.69, 9.17) is 4.52 Å². The fourth-order valence-electron chi connectivity index (χ4n) is 3.10. The number of hydrogen-bond acceptors (Lipinski definition) is 5. The highest BCUT2D eigenvalue weighted by atomic mass is 16.5. The van der Waals surface area contributed by atoms with E-state index in [0.717, 1.165) is 49.4 Å². The largest absolute Gasteiger partial charge is 0.332 e. The van der Waals surface area contributed by atoms with Crippen molar-refractivity contribution < 1.29 is 4.52 Å². The van der Waals surface area contributed by atoms with Gasteiger partial charge in [-0.15, -0.1) is 5.10 Å². The summed E-state index contributed by atoms with van der Waals surface area (Å²) < 4.78 is 7.31. The molecule has 2 aliphatic rings. The predicted octanol–water partition coefficient (Wildman–Crippen LogP) is 1.88. The summed E-state index contributed by atoms with van der Waals surface area (Å²) in [4.78, 5) is 4.52. The zero-order chi connectivity index (χ0) is 13.0. The van der Waals surface area contributed by atoms with Crippen LogP contribution in [0.1, 0.15) is 37.7 Å². The molecule has 0 aromatic carbocycles. The summed E-state index contributed by atoms with van der Waals surface area (Å²) in [6, 6.07) is 0. The van der Waals surface area contributed by atoms with Crippen LogP contribution in [0.5, 0.6) is 0 Å². The van der Waals surface area contributed by atoms with E-state index in [0.29, 0.717) is 5.89 Å². The number of allylic oxidation sites excluding steroid dienone is 1. The molecule has 6 heteroatoms. The first kappa shape index (κ1) is 10.9. The topological polar surface area (TPSA) is 69.6 Å². The van der Waals surface area contributed by atoms with Gasteiger partial charge in [0.2, 0.25) is 0 Å². The third kappa shape index (κ3) is 1.49. The molecule has 98 valence electrons. The first-order chi connectivity index (χ1) is 9.16. The number of nitrogens with zero attached hydrogens (tertiary/aromatic N) is 5. The highest BCUT2D eigenvalue weighted by Crippen LogP contribution is 2.45. The van der Waals surface area contributed by atoms with E-state index >= 15 is 0 Å². The molecule has 3 heterocycles. The van der Waals surface area contributed by atoms with Gasteiger partial charge in [-0.25, -0.2) is 4.68 Å². The molecule has 1 saturated carbocycles. The number of aromatic nitrogens is 5. The number of hydrogen-bond donors (Lipinski definition) is 0. The predicted molar refractivity (Wildman–Crippen MR) is 67.4 cm³/mol. The van der Waals surface area contributed by atoms with Crippen molar-refractivity contribution in [3.63, 3.8) is 0 Å². The summed E-state index contributed by atoms with van der Waals surface area (Å²) in [6.45, 7) is 7.05. The molecule has 0 saturated heterocycles. The van der Waals surface area contributed by atoms with Gasteiger partial charge in [-0.3, -0.25) is 0 Å². The minimum atomic E-state index is -0.0187. The van der Waals surface area contributed by atoms with Crippen molar-refractivity contribution >= 4 is 0 Å². The Labute approximate surface area is 110 Å². The van der Waals surface area contributed by atoms with Crippen molar-refractivity contribution in [2.45, 2.75) is 44.6 Å². The monoisotopic (exact) mass is 257 g/mol. The van der Waals surface area contributed by atoms with Crippen LogP contribution >= 0.6 is 0 Å². The Morgan fingerprint density at radius 1 is 1.37 bits per heavy atom. The van der Waals surface area contributed by atoms with Crippen LogP contribution in [0.4, 0.5) is 0 Å². The third-order valence-corrected chi connectivity index (χ3v) is 4.07. The highest BCUT2D eigenvalue weighted by molar-refractivity contribution is 5.50. The molecule has 0 bridgehead atoms. The molecular weight excluding hydrogens is 242 g/mol. The second-order valence-electron chi connectivity index (χ2n) is 5.80. The van der Waals surface area contributed by atoms with Crippen molar-refractivity contribution in [1.29, 1.82) is 0 Å². The lowest BCUT2D eigenvalue weighted by molar-refractivity contribution is 0.322. The molecule has 4 rings (SSSR count). The highest BCUT2D eigenvalue weighted by Gasteiger charge is 2.41. The van der Waals surface area contributed by atoms with Gasteiger partial charge >= 0.3 is 0 Å². The Bertz CT molecular complexity index is 660. The average molecular weight is 257 g/mol. The number of aryl methyl sites for hydroxylation is 1. The fraction of sp³-hybridized carbons (Fsp3) is 0.538. The maximum Gasteiger partial charge on any atom is 0.280 e. The summed E-state index contributed by atoms with van der Waals surface area (Å²) >= 11 is 0. The van der Waals surface area contributed by atoms with Crippen LogP contribution < -0.4 is 0 Å². The smallest absolute Gasteiger partial charge is 0.280 e. The SMILES string of the molecule is C=C1CC(C)(c2noc(-c3nnn4c3CCC4)n2)C1. The molecule has 1 fully saturated rings. The van der Waals surface area contributed by atoms with Gasteiger partial charge in [0.1, 0.15) is 0 Å². The Morgan fingerprint density at radius 2 is 2.21 bits per heavy atom. The molecule has 19 heavy (non-hydrogen) atoms. The molecule has 6 nitrogen and oxygen atoms in total. The van der Waals surface area contributed by atoms with Gasteiger partial charge in [0.25, 0.3) is 5.89 Å². The fourth-order valence-corrected chi connectivity index (χ4v) is 3.10. The second kappa shape index (κ2) is 3.53. The van der Waals surface area contributed by atoms with Crippen LogP contribution in [-0.4, -0.2) is 25.1 Å². The lowest BCUT2D eigenvalue weighted by Crippen LogP contribution is -2.33. The van der Waals surface area contributed by atoms with Gasteiger partial charge in [0.05, 0.1) is 5.69 Å². The Kier molecular flexibility index (Phi) is 2.02. The summed E-state index contributed by atoms with van der Waals surface area (Å²) in [5.41, 5.74) is 3.09. The van der Waals surface area contributed by atoms with Crippen LogP contribution in [0.3, 0.4) is 0 Å². The molecule has 2 aromatic rings. The van der Waals surface area contributed by atoms with E-state index < -0.39 is 0 Å². The summed E-state index contributed by atoms with van der Waals surface area (Å²) in [5, 5.41) is 12.4. The van der Waals surface area contributed by atoms with E-state index in [-0.39, 0.29) is 5.41 Å². The molecule has 2 aromatic heterocycles. The van der Waals surface area contributed by atoms with Gasteiger partial charge in [-0.2, -0.15) is 4.98 Å². The second-order valence-corrected chi connectivity index (χ2v) is 5.80. The van der Waals surface area contributed by atoms with Gasteiger partial charge in [0.15, 0.2) is 11.5 Å². The summed E-state index contributed by atoms with van der Waals surface area (Å²) in [5.74, 6) is 1.26. The van der Waals surface area contributed by atoms with Crippen molar-refractivity contribution in [3.8, 4) is 11.6 Å². The minimum Gasteiger partial charge on any atom is -0.332 e. The minimum absolute atomic E-state index is 0.0187. The Hall–Kier alpha value is -1.98. The van der Waals surface area contributed by atoms with Crippen LogP contribution in [0.2, 0.25) is 0 Å². The number of rotatable bonds is 2. The van der Waals surface area contributed by atoms with E-state index in [1.807, 2.05) is 4.68 Å². The van der Waals surface area contributed by atoms with Crippen LogP contribution in [-0.2, 0) is 18.4 Å². The quantitative estimate of drug-likeness (QED) is 0.768. The van der Waals surface area contributed by atoms with Crippen molar-refractivity contribution in [1.82, 2.24) is 25.1 Å².